The lowest BCUT2D eigenvalue weighted by molar-refractivity contribution is 0.572. The minimum Gasteiger partial charge on any atom is -0.372 e. The van der Waals surface area contributed by atoms with Crippen molar-refractivity contribution in [2.45, 2.75) is 12.5 Å². The summed E-state index contributed by atoms with van der Waals surface area (Å²) in [7, 11) is 1.86. The zero-order valence-corrected chi connectivity index (χ0v) is 11.1. The molecule has 1 unspecified atom stereocenters. The van der Waals surface area contributed by atoms with Gasteiger partial charge in [0.2, 0.25) is 0 Å². The first-order chi connectivity index (χ1) is 6.59. The third-order valence-corrected chi connectivity index (χ3v) is 2.83. The molecular weight excluding hydrogens is 273 g/mol. The van der Waals surface area contributed by atoms with Gasteiger partial charge in [-0.25, -0.2) is 4.39 Å². The van der Waals surface area contributed by atoms with Crippen molar-refractivity contribution < 1.29 is 4.39 Å². The molecule has 92 valence electrons. The maximum absolute atomic E-state index is 13.6. The van der Waals surface area contributed by atoms with Crippen LogP contribution >= 0.6 is 36.4 Å². The van der Waals surface area contributed by atoms with Crippen molar-refractivity contribution in [3.63, 3.8) is 0 Å². The van der Waals surface area contributed by atoms with Gasteiger partial charge < -0.3 is 10.6 Å². The molecule has 0 amide bonds. The van der Waals surface area contributed by atoms with Crippen LogP contribution in [0.4, 0.5) is 10.1 Å². The molecule has 1 aliphatic rings. The maximum atomic E-state index is 13.6. The Kier molecular flexibility index (Phi) is 5.84. The van der Waals surface area contributed by atoms with Gasteiger partial charge in [0.05, 0.1) is 5.69 Å². The van der Waals surface area contributed by atoms with Crippen LogP contribution < -0.4 is 10.6 Å². The van der Waals surface area contributed by atoms with Gasteiger partial charge in [-0.05, 0) is 24.1 Å². The SMILES string of the molecule is CN1CCC(N)c2cc(Cl)cc(F)c21.Cl.Cl. The molecule has 2 N–H and O–H groups in total. The highest BCUT2D eigenvalue weighted by molar-refractivity contribution is 6.30. The fraction of sp³-hybridized carbons (Fsp3) is 0.400. The van der Waals surface area contributed by atoms with Crippen LogP contribution in [0.3, 0.4) is 0 Å². The van der Waals surface area contributed by atoms with Gasteiger partial charge in [-0.15, -0.1) is 24.8 Å². The zero-order valence-electron chi connectivity index (χ0n) is 8.74. The predicted molar refractivity (Wildman–Crippen MR) is 70.7 cm³/mol. The summed E-state index contributed by atoms with van der Waals surface area (Å²) >= 11 is 5.78. The topological polar surface area (TPSA) is 29.3 Å². The standard InChI is InChI=1S/C10H12ClFN2.2ClH/c1-14-3-2-9(13)7-4-6(11)5-8(12)10(7)14;;/h4-5,9H,2-3,13H2,1H3;2*1H. The highest BCUT2D eigenvalue weighted by Crippen LogP contribution is 2.35. The lowest BCUT2D eigenvalue weighted by Gasteiger charge is -2.31. The van der Waals surface area contributed by atoms with E-state index in [1.807, 2.05) is 11.9 Å². The van der Waals surface area contributed by atoms with E-state index < -0.39 is 0 Å². The first-order valence-electron chi connectivity index (χ1n) is 4.55. The first kappa shape index (κ1) is 15.8. The molecule has 2 nitrogen and oxygen atoms in total. The summed E-state index contributed by atoms with van der Waals surface area (Å²) in [5, 5.41) is 0.409. The summed E-state index contributed by atoms with van der Waals surface area (Å²) in [5.74, 6) is -0.287. The predicted octanol–water partition coefficient (Wildman–Crippen LogP) is 3.16. The molecule has 6 heteroatoms. The van der Waals surface area contributed by atoms with Crippen molar-refractivity contribution in [1.29, 1.82) is 0 Å². The Hall–Kier alpha value is -0.220. The van der Waals surface area contributed by atoms with Crippen molar-refractivity contribution in [3.05, 3.63) is 28.5 Å². The van der Waals surface area contributed by atoms with Crippen molar-refractivity contribution in [2.24, 2.45) is 5.73 Å². The monoisotopic (exact) mass is 286 g/mol. The van der Waals surface area contributed by atoms with E-state index in [-0.39, 0.29) is 36.7 Å². The lowest BCUT2D eigenvalue weighted by Crippen LogP contribution is -2.31. The van der Waals surface area contributed by atoms with E-state index in [4.69, 9.17) is 17.3 Å². The molecule has 0 bridgehead atoms. The van der Waals surface area contributed by atoms with Crippen molar-refractivity contribution in [2.75, 3.05) is 18.5 Å². The molecule has 0 radical (unpaired) electrons. The Balaban J connectivity index is 0.00000112. The molecule has 1 aromatic rings. The fourth-order valence-electron chi connectivity index (χ4n) is 1.87. The van der Waals surface area contributed by atoms with Gasteiger partial charge >= 0.3 is 0 Å². The largest absolute Gasteiger partial charge is 0.372 e. The van der Waals surface area contributed by atoms with Crippen LogP contribution in [0.5, 0.6) is 0 Å². The highest BCUT2D eigenvalue weighted by Gasteiger charge is 2.23. The molecule has 0 spiro atoms. The van der Waals surface area contributed by atoms with E-state index in [0.717, 1.165) is 18.5 Å². The van der Waals surface area contributed by atoms with Gasteiger partial charge in [0, 0.05) is 24.7 Å². The molecule has 1 aromatic carbocycles. The van der Waals surface area contributed by atoms with Gasteiger partial charge in [-0.3, -0.25) is 0 Å². The third-order valence-electron chi connectivity index (χ3n) is 2.61. The summed E-state index contributed by atoms with van der Waals surface area (Å²) in [5.41, 5.74) is 7.29. The van der Waals surface area contributed by atoms with Crippen LogP contribution in [-0.2, 0) is 0 Å². The quantitative estimate of drug-likeness (QED) is 0.794. The summed E-state index contributed by atoms with van der Waals surface area (Å²) < 4.78 is 13.6. The number of halogens is 4. The van der Waals surface area contributed by atoms with E-state index in [1.54, 1.807) is 6.07 Å². The van der Waals surface area contributed by atoms with E-state index in [1.165, 1.54) is 6.07 Å². The lowest BCUT2D eigenvalue weighted by atomic mass is 9.97. The van der Waals surface area contributed by atoms with Crippen LogP contribution in [0, 0.1) is 5.82 Å². The second-order valence-electron chi connectivity index (χ2n) is 3.64. The smallest absolute Gasteiger partial charge is 0.148 e. The highest BCUT2D eigenvalue weighted by atomic mass is 35.5. The van der Waals surface area contributed by atoms with Crippen LogP contribution in [0.2, 0.25) is 5.02 Å². The van der Waals surface area contributed by atoms with Crippen LogP contribution in [0.1, 0.15) is 18.0 Å². The number of anilines is 1. The van der Waals surface area contributed by atoms with Gasteiger partial charge in [0.15, 0.2) is 0 Å². The van der Waals surface area contributed by atoms with Crippen molar-refractivity contribution >= 4 is 42.1 Å². The van der Waals surface area contributed by atoms with E-state index in [9.17, 15) is 4.39 Å². The second-order valence-corrected chi connectivity index (χ2v) is 4.08. The van der Waals surface area contributed by atoms with Crippen LogP contribution in [0.15, 0.2) is 12.1 Å². The first-order valence-corrected chi connectivity index (χ1v) is 4.93. The summed E-state index contributed by atoms with van der Waals surface area (Å²) in [6, 6.07) is 2.98. The van der Waals surface area contributed by atoms with E-state index in [2.05, 4.69) is 0 Å². The Morgan fingerprint density at radius 3 is 2.69 bits per heavy atom. The average Bonchev–Trinajstić information content (AvgIpc) is 2.10. The molecule has 0 saturated heterocycles. The minimum absolute atomic E-state index is 0. The number of hydrogen-bond acceptors (Lipinski definition) is 2. The molecule has 16 heavy (non-hydrogen) atoms. The van der Waals surface area contributed by atoms with Gasteiger partial charge in [0.25, 0.3) is 0 Å². The molecule has 1 aliphatic heterocycles. The number of nitrogens with zero attached hydrogens (tertiary/aromatic N) is 1. The number of rotatable bonds is 0. The van der Waals surface area contributed by atoms with Gasteiger partial charge in [-0.1, -0.05) is 11.6 Å². The summed E-state index contributed by atoms with van der Waals surface area (Å²) in [6.45, 7) is 0.784. The Morgan fingerprint density at radius 1 is 1.44 bits per heavy atom. The number of hydrogen-bond donors (Lipinski definition) is 1. The molecular formula is C10H14Cl3FN2. The molecule has 0 aliphatic carbocycles. The van der Waals surface area contributed by atoms with Crippen LogP contribution in [0.25, 0.3) is 0 Å². The fourth-order valence-corrected chi connectivity index (χ4v) is 2.08. The van der Waals surface area contributed by atoms with E-state index in [0.29, 0.717) is 10.7 Å². The Labute approximate surface area is 112 Å². The second kappa shape index (κ2) is 5.92. The van der Waals surface area contributed by atoms with Gasteiger partial charge in [0.1, 0.15) is 5.82 Å². The molecule has 0 fully saturated rings. The molecule has 1 heterocycles. The number of nitrogens with two attached hydrogens (primary N) is 1. The number of benzene rings is 1. The third kappa shape index (κ3) is 2.72. The van der Waals surface area contributed by atoms with Crippen molar-refractivity contribution in [1.82, 2.24) is 0 Å². The summed E-state index contributed by atoms with van der Waals surface area (Å²) in [4.78, 5) is 1.88. The minimum atomic E-state index is -0.287. The van der Waals surface area contributed by atoms with E-state index >= 15 is 0 Å². The zero-order chi connectivity index (χ0) is 10.3. The molecule has 1 atom stereocenters. The maximum Gasteiger partial charge on any atom is 0.148 e. The molecule has 2 rings (SSSR count). The van der Waals surface area contributed by atoms with Crippen molar-refractivity contribution in [3.8, 4) is 0 Å². The Bertz CT molecular complexity index is 373. The normalized spacial score (nSPS) is 18.2. The number of fused-ring (bicyclic) bond motifs is 1. The van der Waals surface area contributed by atoms with Crippen LogP contribution in [-0.4, -0.2) is 13.6 Å². The van der Waals surface area contributed by atoms with Gasteiger partial charge in [-0.2, -0.15) is 0 Å². The molecule has 0 saturated carbocycles. The molecule has 0 aromatic heterocycles. The Morgan fingerprint density at radius 2 is 2.06 bits per heavy atom. The average molecular weight is 288 g/mol. The summed E-state index contributed by atoms with van der Waals surface area (Å²) in [6.07, 6.45) is 0.837.